The van der Waals surface area contributed by atoms with Crippen LogP contribution in [-0.2, 0) is 19.3 Å². The molecule has 0 bridgehead atoms. The first-order chi connectivity index (χ1) is 11.0. The van der Waals surface area contributed by atoms with Gasteiger partial charge < -0.3 is 5.32 Å². The molecule has 1 aromatic heterocycles. The topological polar surface area (TPSA) is 29.1 Å². The molecule has 0 aliphatic heterocycles. The van der Waals surface area contributed by atoms with Gasteiger partial charge in [-0.25, -0.2) is 0 Å². The Morgan fingerprint density at radius 3 is 2.91 bits per heavy atom. The maximum atomic E-state index is 12.3. The van der Waals surface area contributed by atoms with E-state index in [9.17, 15) is 4.79 Å². The number of carbonyl (C=O) groups excluding carboxylic acids is 1. The second-order valence-electron chi connectivity index (χ2n) is 6.16. The van der Waals surface area contributed by atoms with Gasteiger partial charge in [0.1, 0.15) is 0 Å². The summed E-state index contributed by atoms with van der Waals surface area (Å²) in [6, 6.07) is 7.64. The van der Waals surface area contributed by atoms with Crippen LogP contribution in [0.15, 0.2) is 24.3 Å². The van der Waals surface area contributed by atoms with Crippen molar-refractivity contribution >= 4 is 40.4 Å². The lowest BCUT2D eigenvalue weighted by Gasteiger charge is -2.16. The second kappa shape index (κ2) is 7.25. The van der Waals surface area contributed by atoms with Gasteiger partial charge in [-0.3, -0.25) is 4.79 Å². The molecule has 1 atom stereocenters. The van der Waals surface area contributed by atoms with E-state index in [1.165, 1.54) is 16.9 Å². The summed E-state index contributed by atoms with van der Waals surface area (Å²) in [5.74, 6) is 0.754. The molecule has 0 saturated carbocycles. The Hall–Kier alpha value is -1.03. The van der Waals surface area contributed by atoms with Gasteiger partial charge in [0.05, 0.1) is 14.9 Å². The average molecular weight is 368 g/mol. The molecule has 23 heavy (non-hydrogen) atoms. The summed E-state index contributed by atoms with van der Waals surface area (Å²) in [5.41, 5.74) is 2.43. The van der Waals surface area contributed by atoms with Crippen molar-refractivity contribution in [2.45, 2.75) is 32.6 Å². The minimum atomic E-state index is 0.0251. The lowest BCUT2D eigenvalue weighted by atomic mass is 9.90. The Labute approximate surface area is 150 Å². The highest BCUT2D eigenvalue weighted by Crippen LogP contribution is 2.32. The zero-order valence-corrected chi connectivity index (χ0v) is 15.3. The average Bonchev–Trinajstić information content (AvgIpc) is 2.94. The SMILES string of the molecule is CC1CCc2cc(C(=O)NCCc3ccc(Cl)c(Cl)c3)sc2C1. The molecule has 1 aliphatic rings. The molecule has 1 aliphatic carbocycles. The Kier molecular flexibility index (Phi) is 5.30. The second-order valence-corrected chi connectivity index (χ2v) is 8.11. The summed E-state index contributed by atoms with van der Waals surface area (Å²) in [5, 5.41) is 4.10. The van der Waals surface area contributed by atoms with E-state index in [1.807, 2.05) is 12.1 Å². The number of hydrogen-bond acceptors (Lipinski definition) is 2. The van der Waals surface area contributed by atoms with Crippen molar-refractivity contribution < 1.29 is 4.79 Å². The number of halogens is 2. The minimum Gasteiger partial charge on any atom is -0.351 e. The highest BCUT2D eigenvalue weighted by atomic mass is 35.5. The van der Waals surface area contributed by atoms with Gasteiger partial charge >= 0.3 is 0 Å². The third kappa shape index (κ3) is 4.09. The molecule has 0 fully saturated rings. The van der Waals surface area contributed by atoms with Crippen LogP contribution in [-0.4, -0.2) is 12.5 Å². The monoisotopic (exact) mass is 367 g/mol. The molecule has 5 heteroatoms. The Morgan fingerprint density at radius 2 is 2.13 bits per heavy atom. The van der Waals surface area contributed by atoms with Crippen LogP contribution < -0.4 is 5.32 Å². The summed E-state index contributed by atoms with van der Waals surface area (Å²) in [6.45, 7) is 2.87. The van der Waals surface area contributed by atoms with E-state index in [0.717, 1.165) is 35.6 Å². The van der Waals surface area contributed by atoms with Crippen LogP contribution >= 0.6 is 34.5 Å². The molecule has 0 saturated heterocycles. The largest absolute Gasteiger partial charge is 0.351 e. The van der Waals surface area contributed by atoms with Gasteiger partial charge in [-0.2, -0.15) is 0 Å². The van der Waals surface area contributed by atoms with Crippen molar-refractivity contribution in [1.82, 2.24) is 5.32 Å². The number of thiophene rings is 1. The zero-order chi connectivity index (χ0) is 16.4. The van der Waals surface area contributed by atoms with Gasteiger partial charge in [0.2, 0.25) is 0 Å². The maximum absolute atomic E-state index is 12.3. The molecule has 2 aromatic rings. The van der Waals surface area contributed by atoms with E-state index in [2.05, 4.69) is 18.3 Å². The van der Waals surface area contributed by atoms with Crippen molar-refractivity contribution in [1.29, 1.82) is 0 Å². The molecule has 1 heterocycles. The first-order valence-corrected chi connectivity index (χ1v) is 9.44. The molecule has 1 unspecified atom stereocenters. The van der Waals surface area contributed by atoms with Gasteiger partial charge in [-0.05, 0) is 60.9 Å². The fourth-order valence-electron chi connectivity index (χ4n) is 2.89. The van der Waals surface area contributed by atoms with Crippen molar-refractivity contribution in [2.24, 2.45) is 5.92 Å². The summed E-state index contributed by atoms with van der Waals surface area (Å²) in [4.78, 5) is 14.5. The fraction of sp³-hybridized carbons (Fsp3) is 0.389. The molecule has 3 rings (SSSR count). The van der Waals surface area contributed by atoms with Crippen LogP contribution in [0.2, 0.25) is 10.0 Å². The highest BCUT2D eigenvalue weighted by Gasteiger charge is 2.20. The molecular formula is C18H19Cl2NOS. The van der Waals surface area contributed by atoms with Gasteiger partial charge in [0, 0.05) is 11.4 Å². The molecule has 1 N–H and O–H groups in total. The van der Waals surface area contributed by atoms with Crippen molar-refractivity contribution in [3.63, 3.8) is 0 Å². The normalized spacial score (nSPS) is 16.9. The van der Waals surface area contributed by atoms with E-state index < -0.39 is 0 Å². The van der Waals surface area contributed by atoms with Crippen LogP contribution in [0.3, 0.4) is 0 Å². The van der Waals surface area contributed by atoms with Crippen LogP contribution in [0, 0.1) is 5.92 Å². The lowest BCUT2D eigenvalue weighted by Crippen LogP contribution is -2.24. The number of fused-ring (bicyclic) bond motifs is 1. The summed E-state index contributed by atoms with van der Waals surface area (Å²) in [6.07, 6.45) is 4.17. The van der Waals surface area contributed by atoms with E-state index >= 15 is 0 Å². The number of aryl methyl sites for hydroxylation is 1. The summed E-state index contributed by atoms with van der Waals surface area (Å²) < 4.78 is 0. The predicted octanol–water partition coefficient (Wildman–Crippen LogP) is 5.15. The molecule has 0 spiro atoms. The Morgan fingerprint density at radius 1 is 1.30 bits per heavy atom. The molecule has 2 nitrogen and oxygen atoms in total. The van der Waals surface area contributed by atoms with Crippen LogP contribution in [0.1, 0.15) is 39.0 Å². The molecular weight excluding hydrogens is 349 g/mol. The maximum Gasteiger partial charge on any atom is 0.261 e. The first kappa shape index (κ1) is 16.8. The van der Waals surface area contributed by atoms with E-state index in [0.29, 0.717) is 16.6 Å². The molecule has 1 aromatic carbocycles. The zero-order valence-electron chi connectivity index (χ0n) is 13.0. The van der Waals surface area contributed by atoms with E-state index in [1.54, 1.807) is 17.4 Å². The van der Waals surface area contributed by atoms with Crippen molar-refractivity contribution in [2.75, 3.05) is 6.54 Å². The van der Waals surface area contributed by atoms with E-state index in [4.69, 9.17) is 23.2 Å². The molecule has 1 amide bonds. The Balaban J connectivity index is 1.56. The Bertz CT molecular complexity index is 726. The fourth-order valence-corrected chi connectivity index (χ4v) is 4.50. The lowest BCUT2D eigenvalue weighted by molar-refractivity contribution is 0.0958. The summed E-state index contributed by atoms with van der Waals surface area (Å²) in [7, 11) is 0. The third-order valence-electron chi connectivity index (χ3n) is 4.24. The van der Waals surface area contributed by atoms with Crippen LogP contribution in [0.25, 0.3) is 0 Å². The predicted molar refractivity (Wildman–Crippen MR) is 98.0 cm³/mol. The number of hydrogen-bond donors (Lipinski definition) is 1. The number of amides is 1. The smallest absolute Gasteiger partial charge is 0.261 e. The van der Waals surface area contributed by atoms with Gasteiger partial charge in [-0.15, -0.1) is 11.3 Å². The van der Waals surface area contributed by atoms with Crippen LogP contribution in [0.4, 0.5) is 0 Å². The van der Waals surface area contributed by atoms with Crippen LogP contribution in [0.5, 0.6) is 0 Å². The number of benzene rings is 1. The summed E-state index contributed by atoms with van der Waals surface area (Å²) >= 11 is 13.6. The standard InChI is InChI=1S/C18H19Cl2NOS/c1-11-2-4-13-10-17(23-16(13)8-11)18(22)21-7-6-12-3-5-14(19)15(20)9-12/h3,5,9-11H,2,4,6-8H2,1H3,(H,21,22). The quantitative estimate of drug-likeness (QED) is 0.794. The van der Waals surface area contributed by atoms with Gasteiger partial charge in [-0.1, -0.05) is 36.2 Å². The number of carbonyl (C=O) groups is 1. The minimum absolute atomic E-state index is 0.0251. The highest BCUT2D eigenvalue weighted by molar-refractivity contribution is 7.14. The third-order valence-corrected chi connectivity index (χ3v) is 6.18. The molecule has 122 valence electrons. The molecule has 0 radical (unpaired) electrons. The van der Waals surface area contributed by atoms with Gasteiger partial charge in [0.15, 0.2) is 0 Å². The number of nitrogens with one attached hydrogen (secondary N) is 1. The number of rotatable bonds is 4. The van der Waals surface area contributed by atoms with E-state index in [-0.39, 0.29) is 5.91 Å². The van der Waals surface area contributed by atoms with Gasteiger partial charge in [0.25, 0.3) is 5.91 Å². The van der Waals surface area contributed by atoms with Crippen molar-refractivity contribution in [3.8, 4) is 0 Å². The van der Waals surface area contributed by atoms with Crippen molar-refractivity contribution in [3.05, 3.63) is 55.2 Å². The first-order valence-electron chi connectivity index (χ1n) is 7.86.